The second-order valence-electron chi connectivity index (χ2n) is 6.99. The molecule has 2 amide bonds. The van der Waals surface area contributed by atoms with Crippen molar-refractivity contribution in [1.29, 1.82) is 0 Å². The Hall–Kier alpha value is -1.93. The molecule has 0 atom stereocenters. The lowest BCUT2D eigenvalue weighted by Gasteiger charge is -2.26. The molecule has 0 radical (unpaired) electrons. The normalized spacial score (nSPS) is 20.4. The van der Waals surface area contributed by atoms with E-state index in [2.05, 4.69) is 22.3 Å². The molecule has 26 heavy (non-hydrogen) atoms. The first-order chi connectivity index (χ1) is 12.2. The van der Waals surface area contributed by atoms with Crippen molar-refractivity contribution in [3.63, 3.8) is 0 Å². The standard InChI is InChI=1S/C18H27N3O4S/c1-13-6-8-16(9-7-13)21-26(24,25)12-18(23)19-11-15-4-3-5-17(10-15)20-14(2)22/h3-5,10,13,16,21H,6-9,11-12H2,1-2H3,(H,19,23)(H,20,22). The number of carbonyl (C=O) groups is 2. The van der Waals surface area contributed by atoms with E-state index in [9.17, 15) is 18.0 Å². The Morgan fingerprint density at radius 2 is 1.85 bits per heavy atom. The van der Waals surface area contributed by atoms with E-state index in [4.69, 9.17) is 0 Å². The van der Waals surface area contributed by atoms with E-state index in [0.29, 0.717) is 11.6 Å². The van der Waals surface area contributed by atoms with Crippen molar-refractivity contribution in [2.75, 3.05) is 11.1 Å². The van der Waals surface area contributed by atoms with E-state index in [-0.39, 0.29) is 18.5 Å². The summed E-state index contributed by atoms with van der Waals surface area (Å²) in [4.78, 5) is 23.1. The maximum Gasteiger partial charge on any atom is 0.236 e. The maximum atomic E-state index is 12.2. The molecule has 0 heterocycles. The molecule has 144 valence electrons. The first-order valence-electron chi connectivity index (χ1n) is 8.87. The fourth-order valence-corrected chi connectivity index (χ4v) is 4.33. The summed E-state index contributed by atoms with van der Waals surface area (Å²) in [6.45, 7) is 3.78. The van der Waals surface area contributed by atoms with Crippen molar-refractivity contribution in [1.82, 2.24) is 10.0 Å². The molecule has 1 aromatic carbocycles. The van der Waals surface area contributed by atoms with Gasteiger partial charge in [0.1, 0.15) is 5.75 Å². The van der Waals surface area contributed by atoms with Gasteiger partial charge in [-0.25, -0.2) is 13.1 Å². The number of anilines is 1. The number of rotatable bonds is 7. The molecular formula is C18H27N3O4S. The van der Waals surface area contributed by atoms with Gasteiger partial charge in [0.15, 0.2) is 0 Å². The Balaban J connectivity index is 1.81. The highest BCUT2D eigenvalue weighted by Crippen LogP contribution is 2.23. The predicted molar refractivity (Wildman–Crippen MR) is 101 cm³/mol. The highest BCUT2D eigenvalue weighted by atomic mass is 32.2. The summed E-state index contributed by atoms with van der Waals surface area (Å²) in [5, 5.41) is 5.27. The molecule has 1 aromatic rings. The maximum absolute atomic E-state index is 12.2. The molecule has 1 saturated carbocycles. The second kappa shape index (κ2) is 9.14. The smallest absolute Gasteiger partial charge is 0.236 e. The number of hydrogen-bond donors (Lipinski definition) is 3. The van der Waals surface area contributed by atoms with Crippen LogP contribution in [0.4, 0.5) is 5.69 Å². The van der Waals surface area contributed by atoms with Crippen LogP contribution in [-0.2, 0) is 26.2 Å². The number of amides is 2. The lowest BCUT2D eigenvalue weighted by Crippen LogP contribution is -2.42. The third-order valence-corrected chi connectivity index (χ3v) is 5.75. The van der Waals surface area contributed by atoms with Gasteiger partial charge in [0.2, 0.25) is 21.8 Å². The SMILES string of the molecule is CC(=O)Nc1cccc(CNC(=O)CS(=O)(=O)NC2CCC(C)CC2)c1. The number of hydrogen-bond acceptors (Lipinski definition) is 4. The molecule has 3 N–H and O–H groups in total. The summed E-state index contributed by atoms with van der Waals surface area (Å²) >= 11 is 0. The van der Waals surface area contributed by atoms with Crippen LogP contribution >= 0.6 is 0 Å². The highest BCUT2D eigenvalue weighted by molar-refractivity contribution is 7.90. The Morgan fingerprint density at radius 3 is 2.50 bits per heavy atom. The third kappa shape index (κ3) is 7.13. The van der Waals surface area contributed by atoms with Crippen molar-refractivity contribution in [3.8, 4) is 0 Å². The fraction of sp³-hybridized carbons (Fsp3) is 0.556. The molecular weight excluding hydrogens is 354 g/mol. The van der Waals surface area contributed by atoms with Gasteiger partial charge in [-0.1, -0.05) is 19.1 Å². The molecule has 1 fully saturated rings. The summed E-state index contributed by atoms with van der Waals surface area (Å²) in [5.41, 5.74) is 1.40. The van der Waals surface area contributed by atoms with Gasteiger partial charge >= 0.3 is 0 Å². The first kappa shape index (κ1) is 20.4. The average molecular weight is 381 g/mol. The zero-order valence-electron chi connectivity index (χ0n) is 15.2. The van der Waals surface area contributed by atoms with Crippen LogP contribution in [0.1, 0.15) is 45.1 Å². The van der Waals surface area contributed by atoms with E-state index in [1.54, 1.807) is 24.3 Å². The molecule has 0 bridgehead atoms. The van der Waals surface area contributed by atoms with E-state index in [1.165, 1.54) is 6.92 Å². The van der Waals surface area contributed by atoms with Crippen LogP contribution in [0.2, 0.25) is 0 Å². The van der Waals surface area contributed by atoms with E-state index in [0.717, 1.165) is 31.2 Å². The molecule has 2 rings (SSSR count). The summed E-state index contributed by atoms with van der Waals surface area (Å²) < 4.78 is 27.0. The zero-order valence-corrected chi connectivity index (χ0v) is 16.1. The molecule has 7 nitrogen and oxygen atoms in total. The molecule has 1 aliphatic carbocycles. The van der Waals surface area contributed by atoms with Gasteiger partial charge in [-0.3, -0.25) is 9.59 Å². The minimum atomic E-state index is -3.65. The van der Waals surface area contributed by atoms with Crippen molar-refractivity contribution in [2.24, 2.45) is 5.92 Å². The topological polar surface area (TPSA) is 104 Å². The van der Waals surface area contributed by atoms with Crippen LogP contribution < -0.4 is 15.4 Å². The van der Waals surface area contributed by atoms with Gasteiger partial charge in [0, 0.05) is 25.2 Å². The Labute approximate surface area is 155 Å². The summed E-state index contributed by atoms with van der Waals surface area (Å²) in [6.07, 6.45) is 3.64. The number of benzene rings is 1. The third-order valence-electron chi connectivity index (χ3n) is 4.42. The Morgan fingerprint density at radius 1 is 1.15 bits per heavy atom. The molecule has 0 aromatic heterocycles. The lowest BCUT2D eigenvalue weighted by molar-refractivity contribution is -0.118. The Bertz CT molecular complexity index is 741. The minimum Gasteiger partial charge on any atom is -0.351 e. The molecule has 1 aliphatic rings. The first-order valence-corrected chi connectivity index (χ1v) is 10.5. The quantitative estimate of drug-likeness (QED) is 0.669. The van der Waals surface area contributed by atoms with E-state index < -0.39 is 21.7 Å². The van der Waals surface area contributed by atoms with Gasteiger partial charge in [-0.05, 0) is 49.3 Å². The second-order valence-corrected chi connectivity index (χ2v) is 8.75. The van der Waals surface area contributed by atoms with Crippen LogP contribution in [0, 0.1) is 5.92 Å². The Kier molecular flexibility index (Phi) is 7.16. The van der Waals surface area contributed by atoms with Crippen LogP contribution in [0.5, 0.6) is 0 Å². The van der Waals surface area contributed by atoms with Crippen LogP contribution in [-0.4, -0.2) is 32.0 Å². The van der Waals surface area contributed by atoms with E-state index >= 15 is 0 Å². The summed E-state index contributed by atoms with van der Waals surface area (Å²) in [7, 11) is -3.65. The van der Waals surface area contributed by atoms with Crippen molar-refractivity contribution >= 4 is 27.5 Å². The predicted octanol–water partition coefficient (Wildman–Crippen LogP) is 1.76. The number of sulfonamides is 1. The lowest BCUT2D eigenvalue weighted by atomic mass is 9.88. The molecule has 0 aliphatic heterocycles. The van der Waals surface area contributed by atoms with Gasteiger partial charge in [0.05, 0.1) is 0 Å². The summed E-state index contributed by atoms with van der Waals surface area (Å²) in [6, 6.07) is 6.96. The number of carbonyl (C=O) groups excluding carboxylic acids is 2. The van der Waals surface area contributed by atoms with Gasteiger partial charge in [-0.2, -0.15) is 0 Å². The van der Waals surface area contributed by atoms with E-state index in [1.807, 2.05) is 0 Å². The van der Waals surface area contributed by atoms with Crippen molar-refractivity contribution < 1.29 is 18.0 Å². The van der Waals surface area contributed by atoms with Gasteiger partial charge < -0.3 is 10.6 Å². The largest absolute Gasteiger partial charge is 0.351 e. The molecule has 8 heteroatoms. The highest BCUT2D eigenvalue weighted by Gasteiger charge is 2.24. The monoisotopic (exact) mass is 381 g/mol. The average Bonchev–Trinajstić information content (AvgIpc) is 2.54. The van der Waals surface area contributed by atoms with Crippen LogP contribution in [0.25, 0.3) is 0 Å². The minimum absolute atomic E-state index is 0.0710. The summed E-state index contributed by atoms with van der Waals surface area (Å²) in [5.74, 6) is -0.677. The number of nitrogens with one attached hydrogen (secondary N) is 3. The van der Waals surface area contributed by atoms with Crippen LogP contribution in [0.15, 0.2) is 24.3 Å². The zero-order chi connectivity index (χ0) is 19.2. The molecule has 0 unspecified atom stereocenters. The van der Waals surface area contributed by atoms with Gasteiger partial charge in [0.25, 0.3) is 0 Å². The van der Waals surface area contributed by atoms with Gasteiger partial charge in [-0.15, -0.1) is 0 Å². The van der Waals surface area contributed by atoms with Crippen molar-refractivity contribution in [2.45, 2.75) is 52.1 Å². The molecule has 0 saturated heterocycles. The van der Waals surface area contributed by atoms with Crippen LogP contribution in [0.3, 0.4) is 0 Å². The fourth-order valence-electron chi connectivity index (χ4n) is 3.06. The molecule has 0 spiro atoms. The van der Waals surface area contributed by atoms with Crippen molar-refractivity contribution in [3.05, 3.63) is 29.8 Å².